The van der Waals surface area contributed by atoms with E-state index in [-0.39, 0.29) is 5.75 Å². The predicted molar refractivity (Wildman–Crippen MR) is 110 cm³/mol. The number of ether oxygens (including phenoxy) is 1. The molecule has 28 heavy (non-hydrogen) atoms. The van der Waals surface area contributed by atoms with Crippen LogP contribution in [0.3, 0.4) is 0 Å². The highest BCUT2D eigenvalue weighted by Gasteiger charge is 2.09. The molecular formula is C23H17NO4. The highest BCUT2D eigenvalue weighted by atomic mass is 16.5. The van der Waals surface area contributed by atoms with Crippen molar-refractivity contribution in [3.8, 4) is 22.6 Å². The third-order valence-corrected chi connectivity index (χ3v) is 4.40. The molecule has 0 bridgehead atoms. The fraction of sp³-hybridized carbons (Fsp3) is 0.0435. The van der Waals surface area contributed by atoms with Gasteiger partial charge in [0.2, 0.25) is 0 Å². The number of benzene rings is 3. The van der Waals surface area contributed by atoms with Gasteiger partial charge in [-0.2, -0.15) is 0 Å². The van der Waals surface area contributed by atoms with Crippen LogP contribution >= 0.6 is 0 Å². The standard InChI is InChI=1S/C23H17NO4/c1-27-21-11-5-8-17(22(21)25)14-24-18-9-4-7-15(12-18)19-13-16-6-2-3-10-20(16)28-23(19)26/h2-14,25H,1H3. The summed E-state index contributed by atoms with van der Waals surface area (Å²) in [6, 6.07) is 21.7. The number of fused-ring (bicyclic) bond motifs is 1. The molecule has 1 N–H and O–H groups in total. The third-order valence-electron chi connectivity index (χ3n) is 4.40. The lowest BCUT2D eigenvalue weighted by atomic mass is 10.1. The molecule has 0 radical (unpaired) electrons. The molecule has 3 aromatic carbocycles. The molecule has 4 rings (SSSR count). The lowest BCUT2D eigenvalue weighted by Gasteiger charge is -2.05. The first-order chi connectivity index (χ1) is 13.7. The fourth-order valence-corrected chi connectivity index (χ4v) is 2.97. The molecule has 4 aromatic rings. The van der Waals surface area contributed by atoms with Crippen LogP contribution in [0.4, 0.5) is 5.69 Å². The summed E-state index contributed by atoms with van der Waals surface area (Å²) in [4.78, 5) is 16.8. The quantitative estimate of drug-likeness (QED) is 0.408. The molecule has 1 aromatic heterocycles. The number of aliphatic imine (C=N–C) groups is 1. The lowest BCUT2D eigenvalue weighted by Crippen LogP contribution is -2.02. The van der Waals surface area contributed by atoms with E-state index in [2.05, 4.69) is 4.99 Å². The largest absolute Gasteiger partial charge is 0.504 e. The molecule has 0 aliphatic carbocycles. The second-order valence-corrected chi connectivity index (χ2v) is 6.19. The number of methoxy groups -OCH3 is 1. The van der Waals surface area contributed by atoms with Crippen molar-refractivity contribution in [2.24, 2.45) is 4.99 Å². The zero-order valence-electron chi connectivity index (χ0n) is 15.1. The van der Waals surface area contributed by atoms with Crippen LogP contribution in [0.2, 0.25) is 0 Å². The smallest absolute Gasteiger partial charge is 0.344 e. The summed E-state index contributed by atoms with van der Waals surface area (Å²) >= 11 is 0. The summed E-state index contributed by atoms with van der Waals surface area (Å²) in [7, 11) is 1.49. The molecule has 0 unspecified atom stereocenters. The first-order valence-electron chi connectivity index (χ1n) is 8.69. The van der Waals surface area contributed by atoms with Crippen molar-refractivity contribution in [3.05, 3.63) is 88.8 Å². The van der Waals surface area contributed by atoms with Gasteiger partial charge in [-0.1, -0.05) is 36.4 Å². The third kappa shape index (κ3) is 3.38. The van der Waals surface area contributed by atoms with E-state index in [0.29, 0.717) is 33.7 Å². The van der Waals surface area contributed by atoms with Gasteiger partial charge in [-0.05, 0) is 42.0 Å². The van der Waals surface area contributed by atoms with Gasteiger partial charge >= 0.3 is 5.63 Å². The minimum atomic E-state index is -0.398. The zero-order chi connectivity index (χ0) is 19.5. The van der Waals surface area contributed by atoms with Crippen molar-refractivity contribution in [1.29, 1.82) is 0 Å². The van der Waals surface area contributed by atoms with Crippen LogP contribution in [0.1, 0.15) is 5.56 Å². The van der Waals surface area contributed by atoms with Crippen LogP contribution in [0.25, 0.3) is 22.1 Å². The van der Waals surface area contributed by atoms with Gasteiger partial charge in [-0.15, -0.1) is 0 Å². The van der Waals surface area contributed by atoms with Crippen LogP contribution in [-0.2, 0) is 0 Å². The van der Waals surface area contributed by atoms with Gasteiger partial charge in [0.1, 0.15) is 5.58 Å². The van der Waals surface area contributed by atoms with Gasteiger partial charge in [0.25, 0.3) is 0 Å². The van der Waals surface area contributed by atoms with Crippen molar-refractivity contribution >= 4 is 22.9 Å². The molecule has 0 atom stereocenters. The molecule has 138 valence electrons. The van der Waals surface area contributed by atoms with Crippen molar-refractivity contribution < 1.29 is 14.3 Å². The summed E-state index contributed by atoms with van der Waals surface area (Å²) in [6.07, 6.45) is 1.56. The molecule has 1 heterocycles. The van der Waals surface area contributed by atoms with Gasteiger partial charge < -0.3 is 14.3 Å². The minimum Gasteiger partial charge on any atom is -0.504 e. The Balaban J connectivity index is 1.71. The average molecular weight is 371 g/mol. The Hall–Kier alpha value is -3.86. The number of aromatic hydroxyl groups is 1. The van der Waals surface area contributed by atoms with Gasteiger partial charge in [-0.3, -0.25) is 4.99 Å². The molecule has 0 amide bonds. The van der Waals surface area contributed by atoms with E-state index >= 15 is 0 Å². The van der Waals surface area contributed by atoms with Gasteiger partial charge in [0, 0.05) is 17.2 Å². The van der Waals surface area contributed by atoms with Crippen LogP contribution in [-0.4, -0.2) is 18.4 Å². The van der Waals surface area contributed by atoms with E-state index < -0.39 is 5.63 Å². The van der Waals surface area contributed by atoms with Crippen molar-refractivity contribution in [1.82, 2.24) is 0 Å². The lowest BCUT2D eigenvalue weighted by molar-refractivity contribution is 0.373. The minimum absolute atomic E-state index is 0.0279. The number of rotatable bonds is 4. The number of phenolic OH excluding ortho intramolecular Hbond substituents is 1. The summed E-state index contributed by atoms with van der Waals surface area (Å²) in [6.45, 7) is 0. The van der Waals surface area contributed by atoms with E-state index in [1.54, 1.807) is 36.5 Å². The normalized spacial score (nSPS) is 11.2. The highest BCUT2D eigenvalue weighted by molar-refractivity contribution is 5.87. The number of hydrogen-bond acceptors (Lipinski definition) is 5. The summed E-state index contributed by atoms with van der Waals surface area (Å²) in [5.41, 5.74) is 2.52. The average Bonchev–Trinajstić information content (AvgIpc) is 2.72. The van der Waals surface area contributed by atoms with Crippen LogP contribution in [0.15, 0.2) is 87.0 Å². The molecule has 0 aliphatic rings. The molecule has 0 spiro atoms. The summed E-state index contributed by atoms with van der Waals surface area (Å²) in [5, 5.41) is 11.0. The second kappa shape index (κ2) is 7.40. The Labute approximate surface area is 161 Å². The van der Waals surface area contributed by atoms with E-state index in [1.165, 1.54) is 7.11 Å². The van der Waals surface area contributed by atoms with Crippen LogP contribution < -0.4 is 10.4 Å². The van der Waals surface area contributed by atoms with Crippen LogP contribution in [0, 0.1) is 0 Å². The number of nitrogens with zero attached hydrogens (tertiary/aromatic N) is 1. The summed E-state index contributed by atoms with van der Waals surface area (Å²) in [5.74, 6) is 0.409. The first kappa shape index (κ1) is 17.5. The van der Waals surface area contributed by atoms with E-state index in [0.717, 1.165) is 5.39 Å². The Morgan fingerprint density at radius 3 is 2.68 bits per heavy atom. The SMILES string of the molecule is COc1cccc(C=Nc2cccc(-c3cc4ccccc4oc3=O)c2)c1O. The maximum Gasteiger partial charge on any atom is 0.344 e. The topological polar surface area (TPSA) is 72.0 Å². The fourth-order valence-electron chi connectivity index (χ4n) is 2.97. The van der Waals surface area contributed by atoms with Crippen LogP contribution in [0.5, 0.6) is 11.5 Å². The zero-order valence-corrected chi connectivity index (χ0v) is 15.1. The molecule has 5 heteroatoms. The van der Waals surface area contributed by atoms with Gasteiger partial charge in [0.05, 0.1) is 18.4 Å². The predicted octanol–water partition coefficient (Wildman–Crippen LogP) is 4.92. The van der Waals surface area contributed by atoms with Crippen molar-refractivity contribution in [2.45, 2.75) is 0 Å². The number of hydrogen-bond donors (Lipinski definition) is 1. The molecular weight excluding hydrogens is 354 g/mol. The number of phenols is 1. The van der Waals surface area contributed by atoms with E-state index in [9.17, 15) is 9.90 Å². The molecule has 0 aliphatic heterocycles. The monoisotopic (exact) mass is 371 g/mol. The Morgan fingerprint density at radius 2 is 1.82 bits per heavy atom. The molecule has 0 saturated carbocycles. The van der Waals surface area contributed by atoms with Gasteiger partial charge in [0.15, 0.2) is 11.5 Å². The maximum atomic E-state index is 12.4. The second-order valence-electron chi connectivity index (χ2n) is 6.19. The number of para-hydroxylation sites is 2. The van der Waals surface area contributed by atoms with E-state index in [4.69, 9.17) is 9.15 Å². The maximum absolute atomic E-state index is 12.4. The molecule has 5 nitrogen and oxygen atoms in total. The summed E-state index contributed by atoms with van der Waals surface area (Å²) < 4.78 is 10.5. The Morgan fingerprint density at radius 1 is 1.00 bits per heavy atom. The molecule has 0 saturated heterocycles. The molecule has 0 fully saturated rings. The van der Waals surface area contributed by atoms with E-state index in [1.807, 2.05) is 42.5 Å². The van der Waals surface area contributed by atoms with Crippen molar-refractivity contribution in [3.63, 3.8) is 0 Å². The van der Waals surface area contributed by atoms with Crippen molar-refractivity contribution in [2.75, 3.05) is 7.11 Å². The Kier molecular flexibility index (Phi) is 4.64. The highest BCUT2D eigenvalue weighted by Crippen LogP contribution is 2.29. The Bertz CT molecular complexity index is 1240. The first-order valence-corrected chi connectivity index (χ1v) is 8.69. The van der Waals surface area contributed by atoms with Gasteiger partial charge in [-0.25, -0.2) is 4.79 Å².